The minimum Gasteiger partial charge on any atom is -0.452 e. The number of H-pyrrole nitrogens is 1. The molecule has 3 aromatic heterocycles. The van der Waals surface area contributed by atoms with E-state index in [1.807, 2.05) is 17.5 Å². The minimum atomic E-state index is -0.701. The lowest BCUT2D eigenvalue weighted by molar-refractivity contribution is -0.148. The summed E-state index contributed by atoms with van der Waals surface area (Å²) in [5.41, 5.74) is 0.134. The first kappa shape index (κ1) is 17.1. The summed E-state index contributed by atoms with van der Waals surface area (Å²) in [6.45, 7) is 1.65. The number of carbonyl (C=O) groups is 1. The molecule has 3 heterocycles. The molecule has 9 heteroatoms. The van der Waals surface area contributed by atoms with Gasteiger partial charge in [0, 0.05) is 5.39 Å². The van der Waals surface area contributed by atoms with Gasteiger partial charge in [-0.3, -0.25) is 9.59 Å². The highest BCUT2D eigenvalue weighted by Gasteiger charge is 2.20. The lowest BCUT2D eigenvalue weighted by Gasteiger charge is -2.09. The molecule has 0 saturated heterocycles. The molecule has 0 fully saturated rings. The van der Waals surface area contributed by atoms with E-state index in [0.29, 0.717) is 22.4 Å². The number of nitrogens with zero attached hydrogens (tertiary/aromatic N) is 3. The number of esters is 1. The summed E-state index contributed by atoms with van der Waals surface area (Å²) < 4.78 is 11.0. The molecule has 0 aliphatic rings. The highest BCUT2D eigenvalue weighted by Crippen LogP contribution is 2.26. The molecule has 27 heavy (non-hydrogen) atoms. The molecule has 0 aliphatic heterocycles. The van der Waals surface area contributed by atoms with Crippen molar-refractivity contribution in [3.8, 4) is 10.8 Å². The summed E-state index contributed by atoms with van der Waals surface area (Å²) in [5.74, 6) is 0.0882. The zero-order chi connectivity index (χ0) is 18.8. The van der Waals surface area contributed by atoms with Crippen LogP contribution in [0.3, 0.4) is 0 Å². The Bertz CT molecular complexity index is 1150. The molecule has 4 aromatic rings. The van der Waals surface area contributed by atoms with Gasteiger partial charge in [-0.1, -0.05) is 24.3 Å². The van der Waals surface area contributed by atoms with Crippen molar-refractivity contribution < 1.29 is 13.9 Å². The van der Waals surface area contributed by atoms with Gasteiger partial charge in [-0.15, -0.1) is 21.5 Å². The first-order valence-corrected chi connectivity index (χ1v) is 9.03. The van der Waals surface area contributed by atoms with E-state index in [1.54, 1.807) is 31.2 Å². The summed E-state index contributed by atoms with van der Waals surface area (Å²) in [4.78, 5) is 25.0. The monoisotopic (exact) mass is 382 g/mol. The first-order valence-electron chi connectivity index (χ1n) is 8.15. The van der Waals surface area contributed by atoms with E-state index in [0.717, 1.165) is 4.88 Å². The van der Waals surface area contributed by atoms with E-state index in [1.165, 1.54) is 11.3 Å². The van der Waals surface area contributed by atoms with Gasteiger partial charge in [0.05, 0.1) is 22.4 Å². The van der Waals surface area contributed by atoms with Crippen LogP contribution in [0.2, 0.25) is 0 Å². The molecule has 0 radical (unpaired) electrons. The van der Waals surface area contributed by atoms with Gasteiger partial charge in [-0.25, -0.2) is 5.10 Å². The van der Waals surface area contributed by atoms with Crippen LogP contribution in [-0.2, 0) is 16.0 Å². The quantitative estimate of drug-likeness (QED) is 0.528. The van der Waals surface area contributed by atoms with E-state index in [9.17, 15) is 9.59 Å². The van der Waals surface area contributed by atoms with E-state index < -0.39 is 12.1 Å². The van der Waals surface area contributed by atoms with E-state index in [4.69, 9.17) is 9.15 Å². The molecule has 1 aromatic carbocycles. The number of aromatic amines is 1. The van der Waals surface area contributed by atoms with Gasteiger partial charge in [-0.2, -0.15) is 5.10 Å². The normalized spacial score (nSPS) is 12.2. The fourth-order valence-corrected chi connectivity index (χ4v) is 3.28. The zero-order valence-corrected chi connectivity index (χ0v) is 15.0. The second-order valence-corrected chi connectivity index (χ2v) is 6.72. The van der Waals surface area contributed by atoms with Crippen LogP contribution in [0.15, 0.2) is 51.0 Å². The molecule has 8 nitrogen and oxygen atoms in total. The van der Waals surface area contributed by atoms with Gasteiger partial charge in [-0.05, 0) is 24.4 Å². The minimum absolute atomic E-state index is 0.0897. The Morgan fingerprint density at radius 2 is 2.04 bits per heavy atom. The number of ether oxygens (including phenoxy) is 1. The summed E-state index contributed by atoms with van der Waals surface area (Å²) in [6.07, 6.45) is -0.791. The molecule has 0 spiro atoms. The Kier molecular flexibility index (Phi) is 4.51. The van der Waals surface area contributed by atoms with Crippen LogP contribution in [0.1, 0.15) is 24.6 Å². The van der Waals surface area contributed by atoms with Gasteiger partial charge in [0.1, 0.15) is 0 Å². The summed E-state index contributed by atoms with van der Waals surface area (Å²) in [6, 6.07) is 10.7. The second-order valence-electron chi connectivity index (χ2n) is 5.78. The summed E-state index contributed by atoms with van der Waals surface area (Å²) >= 11 is 1.48. The van der Waals surface area contributed by atoms with Crippen molar-refractivity contribution in [3.05, 3.63) is 63.7 Å². The maximum Gasteiger partial charge on any atom is 0.312 e. The van der Waals surface area contributed by atoms with E-state index in [-0.39, 0.29) is 17.9 Å². The standard InChI is InChI=1S/C18H14N4O4S/c1-10(17-21-22-18(26-17)14-7-4-8-27-14)25-15(23)9-13-11-5-2-3-6-12(11)16(24)20-19-13/h2-8,10H,9H2,1H3,(H,20,24). The third kappa shape index (κ3) is 3.49. The lowest BCUT2D eigenvalue weighted by atomic mass is 10.1. The van der Waals surface area contributed by atoms with Crippen molar-refractivity contribution in [2.75, 3.05) is 0 Å². The van der Waals surface area contributed by atoms with Gasteiger partial charge in [0.25, 0.3) is 17.3 Å². The van der Waals surface area contributed by atoms with Crippen molar-refractivity contribution in [1.29, 1.82) is 0 Å². The van der Waals surface area contributed by atoms with Gasteiger partial charge < -0.3 is 9.15 Å². The maximum absolute atomic E-state index is 12.3. The summed E-state index contributed by atoms with van der Waals surface area (Å²) in [7, 11) is 0. The number of hydrogen-bond donors (Lipinski definition) is 1. The fourth-order valence-electron chi connectivity index (χ4n) is 2.63. The van der Waals surface area contributed by atoms with Crippen LogP contribution in [0.5, 0.6) is 0 Å². The largest absolute Gasteiger partial charge is 0.452 e. The Hall–Kier alpha value is -3.33. The Labute approximate surface area is 156 Å². The number of rotatable bonds is 5. The van der Waals surface area contributed by atoms with Gasteiger partial charge in [0.2, 0.25) is 0 Å². The van der Waals surface area contributed by atoms with Crippen LogP contribution >= 0.6 is 11.3 Å². The second kappa shape index (κ2) is 7.12. The highest BCUT2D eigenvalue weighted by molar-refractivity contribution is 7.13. The maximum atomic E-state index is 12.3. The first-order chi connectivity index (χ1) is 13.1. The smallest absolute Gasteiger partial charge is 0.312 e. The van der Waals surface area contributed by atoms with Crippen LogP contribution in [0.25, 0.3) is 21.5 Å². The molecule has 4 rings (SSSR count). The lowest BCUT2D eigenvalue weighted by Crippen LogP contribution is -2.16. The SMILES string of the molecule is CC(OC(=O)Cc1n[nH]c(=O)c2ccccc12)c1nnc(-c2cccs2)o1. The van der Waals surface area contributed by atoms with Gasteiger partial charge in [0.15, 0.2) is 6.10 Å². The molecule has 1 N–H and O–H groups in total. The average Bonchev–Trinajstić information content (AvgIpc) is 3.35. The number of fused-ring (bicyclic) bond motifs is 1. The van der Waals surface area contributed by atoms with Crippen LogP contribution in [-0.4, -0.2) is 26.4 Å². The average molecular weight is 382 g/mol. The Morgan fingerprint density at radius 3 is 2.81 bits per heavy atom. The van der Waals surface area contributed by atoms with E-state index in [2.05, 4.69) is 20.4 Å². The van der Waals surface area contributed by atoms with Crippen molar-refractivity contribution in [3.63, 3.8) is 0 Å². The fraction of sp³-hybridized carbons (Fsp3) is 0.167. The third-order valence-corrected chi connectivity index (χ3v) is 4.77. The predicted molar refractivity (Wildman–Crippen MR) is 98.2 cm³/mol. The zero-order valence-electron chi connectivity index (χ0n) is 14.2. The Morgan fingerprint density at radius 1 is 1.22 bits per heavy atom. The molecular weight excluding hydrogens is 368 g/mol. The molecule has 0 amide bonds. The number of benzene rings is 1. The van der Waals surface area contributed by atoms with Crippen LogP contribution < -0.4 is 5.56 Å². The van der Waals surface area contributed by atoms with Crippen molar-refractivity contribution in [2.24, 2.45) is 0 Å². The molecule has 0 aliphatic carbocycles. The number of thiophene rings is 1. The van der Waals surface area contributed by atoms with Crippen LogP contribution in [0.4, 0.5) is 0 Å². The number of aromatic nitrogens is 4. The van der Waals surface area contributed by atoms with Crippen molar-refractivity contribution in [1.82, 2.24) is 20.4 Å². The molecule has 0 saturated carbocycles. The number of carbonyl (C=O) groups excluding carboxylic acids is 1. The van der Waals surface area contributed by atoms with Gasteiger partial charge >= 0.3 is 5.97 Å². The topological polar surface area (TPSA) is 111 Å². The predicted octanol–water partition coefficient (Wildman–Crippen LogP) is 2.88. The summed E-state index contributed by atoms with van der Waals surface area (Å²) in [5, 5.41) is 17.3. The number of hydrogen-bond acceptors (Lipinski definition) is 8. The molecule has 1 atom stereocenters. The van der Waals surface area contributed by atoms with Crippen molar-refractivity contribution in [2.45, 2.75) is 19.4 Å². The van der Waals surface area contributed by atoms with Crippen LogP contribution in [0, 0.1) is 0 Å². The molecule has 1 unspecified atom stereocenters. The number of nitrogens with one attached hydrogen (secondary N) is 1. The molecule has 0 bridgehead atoms. The Balaban J connectivity index is 1.48. The third-order valence-electron chi connectivity index (χ3n) is 3.92. The highest BCUT2D eigenvalue weighted by atomic mass is 32.1. The molecular formula is C18H14N4O4S. The molecule has 136 valence electrons. The van der Waals surface area contributed by atoms with E-state index >= 15 is 0 Å². The van der Waals surface area contributed by atoms with Crippen molar-refractivity contribution >= 4 is 28.1 Å².